The molecule has 1 amide bonds. The zero-order valence-corrected chi connectivity index (χ0v) is 16.1. The number of rotatable bonds is 11. The average Bonchev–Trinajstić information content (AvgIpc) is 2.90. The Morgan fingerprint density at radius 2 is 1.65 bits per heavy atom. The quantitative estimate of drug-likeness (QED) is 0.535. The highest BCUT2D eigenvalue weighted by atomic mass is 16.2. The number of hydrogen-bond acceptors (Lipinski definition) is 2. The summed E-state index contributed by atoms with van der Waals surface area (Å²) in [6.45, 7) is 15.4. The normalized spacial score (nSPS) is 17.0. The van der Waals surface area contributed by atoms with Crippen molar-refractivity contribution in [2.24, 2.45) is 5.92 Å². The molecule has 0 aromatic rings. The third-order valence-corrected chi connectivity index (χ3v) is 4.35. The van der Waals surface area contributed by atoms with Gasteiger partial charge in [0.15, 0.2) is 0 Å². The molecule has 0 radical (unpaired) electrons. The number of likely N-dealkylation sites (tertiary alicyclic amines) is 1. The van der Waals surface area contributed by atoms with Gasteiger partial charge in [-0.3, -0.25) is 4.79 Å². The van der Waals surface area contributed by atoms with Crippen molar-refractivity contribution in [2.75, 3.05) is 19.6 Å². The van der Waals surface area contributed by atoms with Crippen LogP contribution in [0.3, 0.4) is 0 Å². The van der Waals surface area contributed by atoms with Crippen LogP contribution < -0.4 is 5.32 Å². The predicted octanol–water partition coefficient (Wildman–Crippen LogP) is 5.13. The number of nitrogens with one attached hydrogen (secondary N) is 1. The molecule has 1 unspecified atom stereocenters. The highest BCUT2D eigenvalue weighted by molar-refractivity contribution is 5.79. The third-order valence-electron chi connectivity index (χ3n) is 4.35. The van der Waals surface area contributed by atoms with Crippen molar-refractivity contribution >= 4 is 5.91 Å². The van der Waals surface area contributed by atoms with Crippen molar-refractivity contribution < 1.29 is 4.79 Å². The van der Waals surface area contributed by atoms with Gasteiger partial charge in [0.2, 0.25) is 5.91 Å². The Morgan fingerprint density at radius 1 is 1.04 bits per heavy atom. The van der Waals surface area contributed by atoms with Crippen LogP contribution in [0.25, 0.3) is 0 Å². The molecule has 3 heteroatoms. The van der Waals surface area contributed by atoms with E-state index in [0.717, 1.165) is 31.8 Å². The van der Waals surface area contributed by atoms with Gasteiger partial charge in [-0.15, -0.1) is 0 Å². The fourth-order valence-electron chi connectivity index (χ4n) is 2.85. The Morgan fingerprint density at radius 3 is 2.17 bits per heavy atom. The molecule has 1 aliphatic heterocycles. The summed E-state index contributed by atoms with van der Waals surface area (Å²) in [4.78, 5) is 13.9. The van der Waals surface area contributed by atoms with Crippen LogP contribution in [0, 0.1) is 5.92 Å². The molecule has 136 valence electrons. The summed E-state index contributed by atoms with van der Waals surface area (Å²) in [6.07, 6.45) is 11.0. The lowest BCUT2D eigenvalue weighted by atomic mass is 10.1. The summed E-state index contributed by atoms with van der Waals surface area (Å²) < 4.78 is 0. The first-order valence-corrected chi connectivity index (χ1v) is 9.80. The van der Waals surface area contributed by atoms with Crippen LogP contribution in [0.2, 0.25) is 0 Å². The lowest BCUT2D eigenvalue weighted by Gasteiger charge is -2.18. The molecule has 23 heavy (non-hydrogen) atoms. The maximum Gasteiger partial charge on any atom is 0.223 e. The predicted molar refractivity (Wildman–Crippen MR) is 101 cm³/mol. The molecule has 0 aromatic carbocycles. The molecule has 1 N–H and O–H groups in total. The molecule has 0 aromatic heterocycles. The Balaban J connectivity index is 0.000000841. The fourth-order valence-corrected chi connectivity index (χ4v) is 2.85. The zero-order chi connectivity index (χ0) is 17.5. The molecule has 1 saturated heterocycles. The van der Waals surface area contributed by atoms with Crippen LogP contribution in [0.1, 0.15) is 85.5 Å². The molecule has 1 aliphatic rings. The second-order valence-corrected chi connectivity index (χ2v) is 6.56. The molecule has 0 bridgehead atoms. The van der Waals surface area contributed by atoms with Crippen LogP contribution in [-0.4, -0.2) is 30.4 Å². The van der Waals surface area contributed by atoms with Crippen molar-refractivity contribution in [3.8, 4) is 0 Å². The number of nitrogens with zero attached hydrogens (tertiary/aromatic N) is 1. The Bertz CT molecular complexity index is 313. The second kappa shape index (κ2) is 14.6. The van der Waals surface area contributed by atoms with Gasteiger partial charge in [0.1, 0.15) is 0 Å². The van der Waals surface area contributed by atoms with Gasteiger partial charge in [-0.2, -0.15) is 0 Å². The van der Waals surface area contributed by atoms with E-state index >= 15 is 0 Å². The average molecular weight is 325 g/mol. The first kappa shape index (κ1) is 22.0. The minimum Gasteiger partial charge on any atom is -0.389 e. The number of hydrogen-bond donors (Lipinski definition) is 1. The number of carbonyl (C=O) groups is 1. The Kier molecular flexibility index (Phi) is 14.0. The maximum absolute atomic E-state index is 11.9. The van der Waals surface area contributed by atoms with Gasteiger partial charge in [0.25, 0.3) is 0 Å². The maximum atomic E-state index is 11.9. The lowest BCUT2D eigenvalue weighted by Crippen LogP contribution is -2.27. The van der Waals surface area contributed by atoms with Gasteiger partial charge in [0, 0.05) is 37.7 Å². The van der Waals surface area contributed by atoms with Gasteiger partial charge in [0.05, 0.1) is 0 Å². The fraction of sp³-hybridized carbons (Fsp3) is 0.850. The Labute approximate surface area is 144 Å². The molecule has 3 nitrogen and oxygen atoms in total. The summed E-state index contributed by atoms with van der Waals surface area (Å²) in [6, 6.07) is 0. The van der Waals surface area contributed by atoms with E-state index in [4.69, 9.17) is 0 Å². The van der Waals surface area contributed by atoms with E-state index in [1.807, 2.05) is 4.90 Å². The van der Waals surface area contributed by atoms with Crippen molar-refractivity contribution in [1.82, 2.24) is 10.2 Å². The van der Waals surface area contributed by atoms with E-state index < -0.39 is 0 Å². The van der Waals surface area contributed by atoms with Crippen LogP contribution in [0.4, 0.5) is 0 Å². The third kappa shape index (κ3) is 10.4. The molecule has 1 atom stereocenters. The largest absolute Gasteiger partial charge is 0.389 e. The van der Waals surface area contributed by atoms with E-state index in [1.54, 1.807) is 0 Å². The van der Waals surface area contributed by atoms with Gasteiger partial charge >= 0.3 is 0 Å². The molecule has 0 aliphatic carbocycles. The van der Waals surface area contributed by atoms with E-state index in [1.165, 1.54) is 44.9 Å². The highest BCUT2D eigenvalue weighted by Gasteiger charge is 2.30. The number of amides is 1. The van der Waals surface area contributed by atoms with Crippen molar-refractivity contribution in [1.29, 1.82) is 0 Å². The van der Waals surface area contributed by atoms with E-state index in [2.05, 4.69) is 39.6 Å². The minimum atomic E-state index is 0.301. The van der Waals surface area contributed by atoms with E-state index in [-0.39, 0.29) is 0 Å². The highest BCUT2D eigenvalue weighted by Crippen LogP contribution is 2.23. The van der Waals surface area contributed by atoms with Crippen LogP contribution in [0.5, 0.6) is 0 Å². The van der Waals surface area contributed by atoms with Crippen molar-refractivity contribution in [3.63, 3.8) is 0 Å². The second-order valence-electron chi connectivity index (χ2n) is 6.56. The first-order chi connectivity index (χ1) is 11.1. The molecule has 1 rings (SSSR count). The van der Waals surface area contributed by atoms with E-state index in [0.29, 0.717) is 18.2 Å². The lowest BCUT2D eigenvalue weighted by molar-refractivity contribution is -0.127. The SMILES string of the molecule is C=C(NCC)C1CC(=O)N(CCCCCCC)C1.CCCCC. The van der Waals surface area contributed by atoms with Gasteiger partial charge in [-0.05, 0) is 13.3 Å². The van der Waals surface area contributed by atoms with Crippen LogP contribution in [-0.2, 0) is 4.79 Å². The molecule has 0 saturated carbocycles. The summed E-state index contributed by atoms with van der Waals surface area (Å²) in [5.41, 5.74) is 1.03. The summed E-state index contributed by atoms with van der Waals surface area (Å²) in [5, 5.41) is 3.24. The monoisotopic (exact) mass is 324 g/mol. The zero-order valence-electron chi connectivity index (χ0n) is 16.1. The molecular formula is C20H40N2O. The Hall–Kier alpha value is -0.990. The van der Waals surface area contributed by atoms with E-state index in [9.17, 15) is 4.79 Å². The van der Waals surface area contributed by atoms with Gasteiger partial charge < -0.3 is 10.2 Å². The number of carbonyl (C=O) groups excluding carboxylic acids is 1. The molecule has 0 spiro atoms. The molecule has 1 fully saturated rings. The van der Waals surface area contributed by atoms with Gasteiger partial charge in [-0.25, -0.2) is 0 Å². The molecular weight excluding hydrogens is 284 g/mol. The smallest absolute Gasteiger partial charge is 0.223 e. The first-order valence-electron chi connectivity index (χ1n) is 9.80. The van der Waals surface area contributed by atoms with Crippen LogP contribution >= 0.6 is 0 Å². The standard InChI is InChI=1S/C15H28N2O.C5H12/c1-4-6-7-8-9-10-17-12-14(11-15(17)18)13(3)16-5-2;1-3-5-4-2/h14,16H,3-12H2,1-2H3;3-5H2,1-2H3. The summed E-state index contributed by atoms with van der Waals surface area (Å²) in [5.74, 6) is 0.614. The molecule has 1 heterocycles. The van der Waals surface area contributed by atoms with Crippen molar-refractivity contribution in [3.05, 3.63) is 12.3 Å². The van der Waals surface area contributed by atoms with Gasteiger partial charge in [-0.1, -0.05) is 72.3 Å². The topological polar surface area (TPSA) is 32.3 Å². The summed E-state index contributed by atoms with van der Waals surface area (Å²) >= 11 is 0. The van der Waals surface area contributed by atoms with Crippen molar-refractivity contribution in [2.45, 2.75) is 85.5 Å². The number of unbranched alkanes of at least 4 members (excludes halogenated alkanes) is 6. The minimum absolute atomic E-state index is 0.301. The van der Waals surface area contributed by atoms with Crippen LogP contribution in [0.15, 0.2) is 12.3 Å². The summed E-state index contributed by atoms with van der Waals surface area (Å²) in [7, 11) is 0.